The van der Waals surface area contributed by atoms with Crippen molar-refractivity contribution in [3.63, 3.8) is 0 Å². The Kier molecular flexibility index (Phi) is 7.82. The van der Waals surface area contributed by atoms with Crippen molar-refractivity contribution in [2.24, 2.45) is 11.8 Å². The maximum absolute atomic E-state index is 5.98. The van der Waals surface area contributed by atoms with Crippen molar-refractivity contribution in [1.82, 2.24) is 0 Å². The average Bonchev–Trinajstić information content (AvgIpc) is 2.83. The first-order valence-electron chi connectivity index (χ1n) is 12.2. The van der Waals surface area contributed by atoms with Crippen LogP contribution in [0.4, 0.5) is 0 Å². The Morgan fingerprint density at radius 2 is 1.61 bits per heavy atom. The lowest BCUT2D eigenvalue weighted by Crippen LogP contribution is -2.12. The van der Waals surface area contributed by atoms with Crippen LogP contribution < -0.4 is 4.74 Å². The van der Waals surface area contributed by atoms with Crippen LogP contribution in [0.15, 0.2) is 72.8 Å². The number of benzene rings is 3. The van der Waals surface area contributed by atoms with Gasteiger partial charge in [0.15, 0.2) is 0 Å². The third kappa shape index (κ3) is 6.47. The van der Waals surface area contributed by atoms with Gasteiger partial charge in [-0.2, -0.15) is 0 Å². The van der Waals surface area contributed by atoms with Gasteiger partial charge in [-0.25, -0.2) is 0 Å². The second-order valence-corrected chi connectivity index (χ2v) is 9.18. The summed E-state index contributed by atoms with van der Waals surface area (Å²) in [6.07, 6.45) is 16.0. The highest BCUT2D eigenvalue weighted by molar-refractivity contribution is 5.86. The van der Waals surface area contributed by atoms with Crippen LogP contribution >= 0.6 is 0 Å². The molecule has 1 aliphatic carbocycles. The van der Waals surface area contributed by atoms with Crippen LogP contribution in [0.5, 0.6) is 5.75 Å². The molecule has 0 amide bonds. The molecule has 0 unspecified atom stereocenters. The van der Waals surface area contributed by atoms with Crippen LogP contribution in [-0.4, -0.2) is 0 Å². The normalized spacial score (nSPS) is 19.1. The van der Waals surface area contributed by atoms with Crippen LogP contribution in [-0.2, 0) is 6.61 Å². The summed E-state index contributed by atoms with van der Waals surface area (Å²) >= 11 is 0. The number of ether oxygens (including phenoxy) is 1. The summed E-state index contributed by atoms with van der Waals surface area (Å²) < 4.78 is 5.98. The van der Waals surface area contributed by atoms with Crippen molar-refractivity contribution in [1.29, 1.82) is 0 Å². The molecule has 4 rings (SSSR count). The van der Waals surface area contributed by atoms with Crippen LogP contribution in [0.1, 0.15) is 69.4 Å². The molecule has 0 aromatic heterocycles. The number of unbranched alkanes of at least 4 members (excludes halogenated alkanes) is 2. The van der Waals surface area contributed by atoms with Gasteiger partial charge < -0.3 is 4.74 Å². The first-order chi connectivity index (χ1) is 15.3. The van der Waals surface area contributed by atoms with E-state index in [1.165, 1.54) is 73.3 Å². The van der Waals surface area contributed by atoms with Crippen LogP contribution in [0.2, 0.25) is 0 Å². The highest BCUT2D eigenvalue weighted by Gasteiger charge is 2.18. The van der Waals surface area contributed by atoms with Gasteiger partial charge in [0.2, 0.25) is 0 Å². The Bertz CT molecular complexity index is 964. The predicted octanol–water partition coefficient (Wildman–Crippen LogP) is 8.82. The fourth-order valence-electron chi connectivity index (χ4n) is 4.78. The van der Waals surface area contributed by atoms with E-state index in [1.54, 1.807) is 0 Å². The quantitative estimate of drug-likeness (QED) is 0.319. The Balaban J connectivity index is 1.31. The van der Waals surface area contributed by atoms with Crippen molar-refractivity contribution >= 4 is 16.8 Å². The van der Waals surface area contributed by atoms with Gasteiger partial charge in [0.25, 0.3) is 0 Å². The van der Waals surface area contributed by atoms with Gasteiger partial charge in [0, 0.05) is 0 Å². The molecule has 162 valence electrons. The molecule has 0 spiro atoms. The monoisotopic (exact) mass is 412 g/mol. The molecule has 1 nitrogen and oxygen atoms in total. The molecule has 1 aliphatic rings. The molecular weight excluding hydrogens is 376 g/mol. The molecule has 0 N–H and O–H groups in total. The largest absolute Gasteiger partial charge is 0.489 e. The van der Waals surface area contributed by atoms with Gasteiger partial charge in [0.05, 0.1) is 0 Å². The fraction of sp³-hybridized carbons (Fsp3) is 0.400. The van der Waals surface area contributed by atoms with Crippen molar-refractivity contribution in [3.05, 3.63) is 83.9 Å². The molecule has 0 radical (unpaired) electrons. The van der Waals surface area contributed by atoms with E-state index in [0.717, 1.165) is 17.6 Å². The highest BCUT2D eigenvalue weighted by atomic mass is 16.5. The molecule has 3 aromatic carbocycles. The van der Waals surface area contributed by atoms with Gasteiger partial charge in [-0.3, -0.25) is 0 Å². The molecule has 0 bridgehead atoms. The Labute approximate surface area is 188 Å². The molecule has 1 fully saturated rings. The van der Waals surface area contributed by atoms with Gasteiger partial charge in [-0.15, -0.1) is 0 Å². The first-order valence-corrected chi connectivity index (χ1v) is 12.2. The van der Waals surface area contributed by atoms with E-state index in [1.807, 2.05) is 18.2 Å². The Hall–Kier alpha value is -2.54. The average molecular weight is 413 g/mol. The molecule has 0 heterocycles. The second kappa shape index (κ2) is 11.2. The lowest BCUT2D eigenvalue weighted by atomic mass is 9.79. The third-order valence-electron chi connectivity index (χ3n) is 6.75. The summed E-state index contributed by atoms with van der Waals surface area (Å²) in [5, 5.41) is 2.50. The molecule has 0 aliphatic heterocycles. The fourth-order valence-corrected chi connectivity index (χ4v) is 4.78. The van der Waals surface area contributed by atoms with Gasteiger partial charge in [0.1, 0.15) is 12.4 Å². The van der Waals surface area contributed by atoms with E-state index >= 15 is 0 Å². The van der Waals surface area contributed by atoms with E-state index < -0.39 is 0 Å². The van der Waals surface area contributed by atoms with Crippen molar-refractivity contribution in [3.8, 4) is 5.75 Å². The maximum Gasteiger partial charge on any atom is 0.120 e. The zero-order valence-corrected chi connectivity index (χ0v) is 18.9. The molecule has 3 aromatic rings. The summed E-state index contributed by atoms with van der Waals surface area (Å²) in [6.45, 7) is 2.90. The number of fused-ring (bicyclic) bond motifs is 1. The summed E-state index contributed by atoms with van der Waals surface area (Å²) in [5.41, 5.74) is 2.49. The number of allylic oxidation sites excluding steroid dienone is 1. The number of rotatable bonds is 9. The van der Waals surface area contributed by atoms with Gasteiger partial charge >= 0.3 is 0 Å². The second-order valence-electron chi connectivity index (χ2n) is 9.18. The van der Waals surface area contributed by atoms with E-state index in [4.69, 9.17) is 4.74 Å². The zero-order valence-electron chi connectivity index (χ0n) is 18.9. The summed E-state index contributed by atoms with van der Waals surface area (Å²) in [7, 11) is 0. The Morgan fingerprint density at radius 3 is 2.42 bits per heavy atom. The van der Waals surface area contributed by atoms with E-state index in [9.17, 15) is 0 Å². The molecular formula is C30H36O. The standard InChI is InChI=1S/C30H36O/c1-2-3-5-8-24-11-13-25(14-12-24)15-16-26-17-18-29-22-30(20-19-28(29)21-26)31-23-27-9-6-4-7-10-27/h4,6-7,9-10,15-22,24-25H,2-3,5,8,11-14,23H2,1H3/b16-15+. The lowest BCUT2D eigenvalue weighted by molar-refractivity contribution is 0.290. The van der Waals surface area contributed by atoms with Crippen molar-refractivity contribution in [2.45, 2.75) is 64.9 Å². The van der Waals surface area contributed by atoms with E-state index in [-0.39, 0.29) is 0 Å². The third-order valence-corrected chi connectivity index (χ3v) is 6.75. The topological polar surface area (TPSA) is 9.23 Å². The summed E-state index contributed by atoms with van der Waals surface area (Å²) in [5.74, 6) is 2.66. The lowest BCUT2D eigenvalue weighted by Gasteiger charge is -2.26. The van der Waals surface area contributed by atoms with Crippen LogP contribution in [0.25, 0.3) is 16.8 Å². The molecule has 1 heteroatoms. The Morgan fingerprint density at radius 1 is 0.839 bits per heavy atom. The minimum atomic E-state index is 0.605. The number of hydrogen-bond acceptors (Lipinski definition) is 1. The summed E-state index contributed by atoms with van der Waals surface area (Å²) in [6, 6.07) is 23.5. The highest BCUT2D eigenvalue weighted by Crippen LogP contribution is 2.33. The van der Waals surface area contributed by atoms with Crippen LogP contribution in [0.3, 0.4) is 0 Å². The molecule has 0 atom stereocenters. The SMILES string of the molecule is CCCCCC1CCC(/C=C/c2ccc3cc(OCc4ccccc4)ccc3c2)CC1. The minimum absolute atomic E-state index is 0.605. The van der Waals surface area contributed by atoms with Gasteiger partial charge in [-0.05, 0) is 77.6 Å². The zero-order chi connectivity index (χ0) is 21.3. The van der Waals surface area contributed by atoms with Crippen LogP contribution in [0, 0.1) is 11.8 Å². The molecule has 31 heavy (non-hydrogen) atoms. The summed E-state index contributed by atoms with van der Waals surface area (Å²) in [4.78, 5) is 0. The van der Waals surface area contributed by atoms with Crippen molar-refractivity contribution < 1.29 is 4.74 Å². The molecule has 0 saturated heterocycles. The predicted molar refractivity (Wildman–Crippen MR) is 133 cm³/mol. The first kappa shape index (κ1) is 21.7. The minimum Gasteiger partial charge on any atom is -0.489 e. The van der Waals surface area contributed by atoms with E-state index in [2.05, 4.69) is 67.6 Å². The number of hydrogen-bond donors (Lipinski definition) is 0. The van der Waals surface area contributed by atoms with E-state index in [0.29, 0.717) is 6.61 Å². The maximum atomic E-state index is 5.98. The van der Waals surface area contributed by atoms with Gasteiger partial charge in [-0.1, -0.05) is 93.3 Å². The molecule has 1 saturated carbocycles. The smallest absolute Gasteiger partial charge is 0.120 e. The van der Waals surface area contributed by atoms with Crippen molar-refractivity contribution in [2.75, 3.05) is 0 Å².